The smallest absolute Gasteiger partial charge is 0.404 e. The number of ether oxygens (including phenoxy) is 1. The number of aryl methyl sites for hydroxylation is 2. The molecule has 0 aliphatic heterocycles. The summed E-state index contributed by atoms with van der Waals surface area (Å²) in [5.41, 5.74) is 8.66. The van der Waals surface area contributed by atoms with Crippen molar-refractivity contribution in [1.29, 1.82) is 0 Å². The summed E-state index contributed by atoms with van der Waals surface area (Å²) in [6.45, 7) is 7.15. The summed E-state index contributed by atoms with van der Waals surface area (Å²) in [6.07, 6.45) is -0.731. The van der Waals surface area contributed by atoms with E-state index in [0.717, 1.165) is 0 Å². The molecule has 4 nitrogen and oxygen atoms in total. The topological polar surface area (TPSA) is 64.3 Å². The zero-order valence-electron chi connectivity index (χ0n) is 10.6. The van der Waals surface area contributed by atoms with E-state index in [-0.39, 0.29) is 6.04 Å². The monoisotopic (exact) mass is 236 g/mol. The number of benzene rings is 1. The van der Waals surface area contributed by atoms with Gasteiger partial charge in [-0.3, -0.25) is 0 Å². The highest BCUT2D eigenvalue weighted by Gasteiger charge is 2.07. The maximum Gasteiger partial charge on any atom is 0.404 e. The van der Waals surface area contributed by atoms with Gasteiger partial charge in [-0.25, -0.2) is 4.79 Å². The Morgan fingerprint density at radius 3 is 2.76 bits per heavy atom. The highest BCUT2D eigenvalue weighted by molar-refractivity contribution is 5.64. The summed E-state index contributed by atoms with van der Waals surface area (Å²) >= 11 is 0. The van der Waals surface area contributed by atoms with Crippen molar-refractivity contribution in [2.75, 3.05) is 13.2 Å². The van der Waals surface area contributed by atoms with E-state index in [1.54, 1.807) is 0 Å². The van der Waals surface area contributed by atoms with Crippen LogP contribution in [0.15, 0.2) is 18.2 Å². The molecule has 0 aliphatic carbocycles. The Balaban J connectivity index is 2.46. The molecule has 0 bridgehead atoms. The quantitative estimate of drug-likeness (QED) is 0.769. The van der Waals surface area contributed by atoms with Gasteiger partial charge in [-0.15, -0.1) is 0 Å². The van der Waals surface area contributed by atoms with E-state index in [1.807, 2.05) is 0 Å². The van der Waals surface area contributed by atoms with Crippen LogP contribution in [0.1, 0.15) is 29.7 Å². The van der Waals surface area contributed by atoms with E-state index in [1.165, 1.54) is 16.7 Å². The van der Waals surface area contributed by atoms with Crippen LogP contribution in [0, 0.1) is 13.8 Å². The van der Waals surface area contributed by atoms with Crippen molar-refractivity contribution in [3.8, 4) is 0 Å². The van der Waals surface area contributed by atoms with E-state index in [0.29, 0.717) is 13.2 Å². The number of nitrogens with one attached hydrogen (secondary N) is 1. The van der Waals surface area contributed by atoms with Crippen LogP contribution in [0.4, 0.5) is 4.79 Å². The molecule has 0 saturated carbocycles. The van der Waals surface area contributed by atoms with Crippen LogP contribution in [0.3, 0.4) is 0 Å². The molecule has 1 rings (SSSR count). The van der Waals surface area contributed by atoms with Gasteiger partial charge in [0.1, 0.15) is 6.61 Å². The Kier molecular flexibility index (Phi) is 4.97. The largest absolute Gasteiger partial charge is 0.448 e. The third-order valence-electron chi connectivity index (χ3n) is 2.69. The molecule has 0 heterocycles. The minimum atomic E-state index is -0.731. The third-order valence-corrected chi connectivity index (χ3v) is 2.69. The van der Waals surface area contributed by atoms with Gasteiger partial charge in [-0.2, -0.15) is 0 Å². The van der Waals surface area contributed by atoms with Gasteiger partial charge in [0.25, 0.3) is 0 Å². The lowest BCUT2D eigenvalue weighted by Gasteiger charge is -2.16. The number of amides is 1. The lowest BCUT2D eigenvalue weighted by molar-refractivity contribution is 0.156. The second-order valence-electron chi connectivity index (χ2n) is 4.20. The molecule has 1 aromatic rings. The van der Waals surface area contributed by atoms with Crippen molar-refractivity contribution in [1.82, 2.24) is 5.32 Å². The number of carbonyl (C=O) groups excluding carboxylic acids is 1. The lowest BCUT2D eigenvalue weighted by atomic mass is 10.0. The van der Waals surface area contributed by atoms with Crippen molar-refractivity contribution < 1.29 is 9.53 Å². The number of hydrogen-bond donors (Lipinski definition) is 2. The lowest BCUT2D eigenvalue weighted by Crippen LogP contribution is -2.26. The van der Waals surface area contributed by atoms with Crippen molar-refractivity contribution in [2.24, 2.45) is 5.73 Å². The standard InChI is InChI=1S/C13H20N2O2/c1-9-4-5-12(10(2)8-9)11(3)15-6-7-17-13(14)16/h4-5,8,11,15H,6-7H2,1-3H3,(H2,14,16). The molecule has 0 aliphatic rings. The van der Waals surface area contributed by atoms with Gasteiger partial charge in [-0.1, -0.05) is 23.8 Å². The van der Waals surface area contributed by atoms with Gasteiger partial charge in [0.2, 0.25) is 0 Å². The summed E-state index contributed by atoms with van der Waals surface area (Å²) in [4.78, 5) is 10.4. The van der Waals surface area contributed by atoms with Gasteiger partial charge in [0.15, 0.2) is 0 Å². The second kappa shape index (κ2) is 6.25. The van der Waals surface area contributed by atoms with E-state index in [9.17, 15) is 4.79 Å². The second-order valence-corrected chi connectivity index (χ2v) is 4.20. The van der Waals surface area contributed by atoms with Crippen LogP contribution in [0.5, 0.6) is 0 Å². The summed E-state index contributed by atoms with van der Waals surface area (Å²) < 4.78 is 4.65. The minimum Gasteiger partial charge on any atom is -0.448 e. The normalized spacial score (nSPS) is 12.2. The van der Waals surface area contributed by atoms with Crippen molar-refractivity contribution in [3.63, 3.8) is 0 Å². The van der Waals surface area contributed by atoms with Crippen molar-refractivity contribution in [3.05, 3.63) is 34.9 Å². The Bertz CT molecular complexity index is 391. The predicted octanol–water partition coefficient (Wildman–Crippen LogP) is 2.05. The summed E-state index contributed by atoms with van der Waals surface area (Å²) in [7, 11) is 0. The van der Waals surface area contributed by atoms with Gasteiger partial charge >= 0.3 is 6.09 Å². The first-order valence-corrected chi connectivity index (χ1v) is 5.73. The average molecular weight is 236 g/mol. The Hall–Kier alpha value is -1.55. The predicted molar refractivity (Wildman–Crippen MR) is 67.9 cm³/mol. The molecule has 1 amide bonds. The molecule has 3 N–H and O–H groups in total. The zero-order valence-corrected chi connectivity index (χ0v) is 10.6. The molecule has 94 valence electrons. The number of hydrogen-bond acceptors (Lipinski definition) is 3. The van der Waals surface area contributed by atoms with Crippen LogP contribution in [0.2, 0.25) is 0 Å². The molecule has 0 aromatic heterocycles. The molecule has 17 heavy (non-hydrogen) atoms. The van der Waals surface area contributed by atoms with E-state index in [4.69, 9.17) is 5.73 Å². The maximum atomic E-state index is 10.4. The number of nitrogens with two attached hydrogens (primary N) is 1. The first-order chi connectivity index (χ1) is 8.00. The van der Waals surface area contributed by atoms with Crippen molar-refractivity contribution in [2.45, 2.75) is 26.8 Å². The molecule has 0 saturated heterocycles. The fourth-order valence-electron chi connectivity index (χ4n) is 1.85. The Morgan fingerprint density at radius 2 is 2.18 bits per heavy atom. The molecule has 1 unspecified atom stereocenters. The van der Waals surface area contributed by atoms with Gasteiger partial charge in [0.05, 0.1) is 0 Å². The zero-order chi connectivity index (χ0) is 12.8. The molecule has 1 aromatic carbocycles. The van der Waals surface area contributed by atoms with Crippen LogP contribution in [0.25, 0.3) is 0 Å². The number of carbonyl (C=O) groups is 1. The fourth-order valence-corrected chi connectivity index (χ4v) is 1.85. The molecule has 0 fully saturated rings. The van der Waals surface area contributed by atoms with Crippen LogP contribution < -0.4 is 11.1 Å². The Morgan fingerprint density at radius 1 is 1.47 bits per heavy atom. The summed E-state index contributed by atoms with van der Waals surface area (Å²) in [5, 5.41) is 3.28. The van der Waals surface area contributed by atoms with Crippen LogP contribution in [-0.2, 0) is 4.74 Å². The van der Waals surface area contributed by atoms with E-state index >= 15 is 0 Å². The summed E-state index contributed by atoms with van der Waals surface area (Å²) in [6, 6.07) is 6.61. The highest BCUT2D eigenvalue weighted by atomic mass is 16.5. The highest BCUT2D eigenvalue weighted by Crippen LogP contribution is 2.18. The first-order valence-electron chi connectivity index (χ1n) is 5.73. The molecular formula is C13H20N2O2. The SMILES string of the molecule is Cc1ccc(C(C)NCCOC(N)=O)c(C)c1. The molecule has 1 atom stereocenters. The maximum absolute atomic E-state index is 10.4. The number of primary amides is 1. The minimum absolute atomic E-state index is 0.229. The molecule has 0 spiro atoms. The average Bonchev–Trinajstić information content (AvgIpc) is 2.23. The molecule has 0 radical (unpaired) electrons. The van der Waals surface area contributed by atoms with E-state index < -0.39 is 6.09 Å². The van der Waals surface area contributed by atoms with E-state index in [2.05, 4.69) is 49.0 Å². The molecular weight excluding hydrogens is 216 g/mol. The van der Waals surface area contributed by atoms with Gasteiger partial charge in [-0.05, 0) is 31.9 Å². The Labute approximate surface area is 102 Å². The van der Waals surface area contributed by atoms with Crippen LogP contribution >= 0.6 is 0 Å². The molecule has 4 heteroatoms. The first kappa shape index (κ1) is 13.5. The van der Waals surface area contributed by atoms with Crippen LogP contribution in [-0.4, -0.2) is 19.2 Å². The number of rotatable bonds is 5. The van der Waals surface area contributed by atoms with Crippen molar-refractivity contribution >= 4 is 6.09 Å². The third kappa shape index (κ3) is 4.44. The fraction of sp³-hybridized carbons (Fsp3) is 0.462. The summed E-state index contributed by atoms with van der Waals surface area (Å²) in [5.74, 6) is 0. The van der Waals surface area contributed by atoms with Gasteiger partial charge in [0, 0.05) is 12.6 Å². The van der Waals surface area contributed by atoms with Gasteiger partial charge < -0.3 is 15.8 Å².